The molecule has 1 aromatic carbocycles. The lowest BCUT2D eigenvalue weighted by Crippen LogP contribution is -2.37. The third kappa shape index (κ3) is 4.26. The van der Waals surface area contributed by atoms with Crippen LogP contribution in [0.1, 0.15) is 17.3 Å². The molecule has 0 bridgehead atoms. The Kier molecular flexibility index (Phi) is 5.28. The maximum absolute atomic E-state index is 13.9. The van der Waals surface area contributed by atoms with E-state index in [4.69, 9.17) is 4.52 Å². The number of likely N-dealkylation sites (N-methyl/N-ethyl adjacent to an activating group) is 1. The summed E-state index contributed by atoms with van der Waals surface area (Å²) in [6.45, 7) is 1.74. The van der Waals surface area contributed by atoms with Gasteiger partial charge in [-0.05, 0) is 33.2 Å². The molecule has 0 saturated heterocycles. The van der Waals surface area contributed by atoms with Gasteiger partial charge in [0.25, 0.3) is 0 Å². The third-order valence-corrected chi connectivity index (χ3v) is 3.28. The van der Waals surface area contributed by atoms with E-state index in [1.807, 2.05) is 0 Å². The minimum atomic E-state index is -0.656. The summed E-state index contributed by atoms with van der Waals surface area (Å²) in [5, 5.41) is 8.65. The number of rotatable bonds is 5. The van der Waals surface area contributed by atoms with E-state index in [-0.39, 0.29) is 18.0 Å². The maximum Gasteiger partial charge on any atom is 0.321 e. The highest BCUT2D eigenvalue weighted by molar-refractivity contribution is 5.87. The third-order valence-electron chi connectivity index (χ3n) is 3.28. The van der Waals surface area contributed by atoms with Crippen molar-refractivity contribution in [1.82, 2.24) is 15.4 Å². The summed E-state index contributed by atoms with van der Waals surface area (Å²) in [6.07, 6.45) is 0. The minimum Gasteiger partial charge on any atom is -0.338 e. The van der Waals surface area contributed by atoms with Crippen LogP contribution in [-0.4, -0.2) is 36.7 Å². The Labute approximate surface area is 132 Å². The van der Waals surface area contributed by atoms with E-state index in [9.17, 15) is 13.6 Å². The lowest BCUT2D eigenvalue weighted by molar-refractivity contribution is 0.240. The van der Waals surface area contributed by atoms with Crippen molar-refractivity contribution in [1.29, 1.82) is 0 Å². The fourth-order valence-electron chi connectivity index (χ4n) is 2.14. The standard InChI is InChI=1S/C15H18F2N4O2/c1-9-7-13(23-20-9)19-15(22)18-8-12(21(2)3)14-10(16)5-4-6-11(14)17/h4-7,12H,8H2,1-3H3,(H2,18,19,22)/t12-/m0/s1. The van der Waals surface area contributed by atoms with Crippen molar-refractivity contribution in [3.8, 4) is 0 Å². The van der Waals surface area contributed by atoms with Crippen molar-refractivity contribution >= 4 is 11.9 Å². The fourth-order valence-corrected chi connectivity index (χ4v) is 2.14. The number of hydrogen-bond donors (Lipinski definition) is 2. The molecule has 0 aliphatic carbocycles. The number of carbonyl (C=O) groups excluding carboxylic acids is 1. The highest BCUT2D eigenvalue weighted by atomic mass is 19.1. The number of aryl methyl sites for hydroxylation is 1. The molecule has 2 amide bonds. The Morgan fingerprint density at radius 3 is 2.52 bits per heavy atom. The van der Waals surface area contributed by atoms with Gasteiger partial charge in [0, 0.05) is 18.2 Å². The summed E-state index contributed by atoms with van der Waals surface area (Å²) in [5.74, 6) is -1.12. The van der Waals surface area contributed by atoms with Crippen molar-refractivity contribution in [3.63, 3.8) is 0 Å². The topological polar surface area (TPSA) is 70.4 Å². The van der Waals surface area contributed by atoms with Gasteiger partial charge >= 0.3 is 6.03 Å². The first-order valence-corrected chi connectivity index (χ1v) is 6.97. The molecule has 6 nitrogen and oxygen atoms in total. The average molecular weight is 324 g/mol. The number of halogens is 2. The molecule has 8 heteroatoms. The highest BCUT2D eigenvalue weighted by Crippen LogP contribution is 2.23. The first kappa shape index (κ1) is 16.9. The Bertz CT molecular complexity index is 668. The Morgan fingerprint density at radius 1 is 1.35 bits per heavy atom. The number of aromatic nitrogens is 1. The van der Waals surface area contributed by atoms with E-state index in [0.717, 1.165) is 0 Å². The molecule has 0 saturated carbocycles. The number of urea groups is 1. The SMILES string of the molecule is Cc1cc(NC(=O)NC[C@@H](c2c(F)cccc2F)N(C)C)on1. The van der Waals surface area contributed by atoms with Gasteiger partial charge in [0.1, 0.15) is 11.6 Å². The summed E-state index contributed by atoms with van der Waals surface area (Å²) in [5.41, 5.74) is 0.535. The zero-order chi connectivity index (χ0) is 17.0. The fraction of sp³-hybridized carbons (Fsp3) is 0.333. The zero-order valence-corrected chi connectivity index (χ0v) is 13.1. The monoisotopic (exact) mass is 324 g/mol. The van der Waals surface area contributed by atoms with Gasteiger partial charge in [0.05, 0.1) is 11.7 Å². The smallest absolute Gasteiger partial charge is 0.321 e. The van der Waals surface area contributed by atoms with E-state index >= 15 is 0 Å². The van der Waals surface area contributed by atoms with Crippen molar-refractivity contribution in [3.05, 3.63) is 47.2 Å². The molecule has 0 radical (unpaired) electrons. The largest absolute Gasteiger partial charge is 0.338 e. The molecule has 0 fully saturated rings. The van der Waals surface area contributed by atoms with Crippen LogP contribution in [0.15, 0.2) is 28.8 Å². The van der Waals surface area contributed by atoms with Crippen molar-refractivity contribution in [2.45, 2.75) is 13.0 Å². The van der Waals surface area contributed by atoms with Crippen LogP contribution in [0.4, 0.5) is 19.5 Å². The summed E-state index contributed by atoms with van der Waals surface area (Å²) in [7, 11) is 3.35. The van der Waals surface area contributed by atoms with E-state index < -0.39 is 23.7 Å². The van der Waals surface area contributed by atoms with Crippen LogP contribution in [0.3, 0.4) is 0 Å². The summed E-state index contributed by atoms with van der Waals surface area (Å²) in [6, 6.07) is 4.02. The molecule has 0 spiro atoms. The number of nitrogens with zero attached hydrogens (tertiary/aromatic N) is 2. The van der Waals surface area contributed by atoms with Crippen LogP contribution >= 0.6 is 0 Å². The van der Waals surface area contributed by atoms with Crippen molar-refractivity contribution in [2.75, 3.05) is 26.0 Å². The quantitative estimate of drug-likeness (QED) is 0.887. The predicted molar refractivity (Wildman–Crippen MR) is 81.0 cm³/mol. The zero-order valence-electron chi connectivity index (χ0n) is 13.1. The second-order valence-electron chi connectivity index (χ2n) is 5.28. The Hall–Kier alpha value is -2.48. The van der Waals surface area contributed by atoms with Gasteiger partial charge in [0.15, 0.2) is 0 Å². The van der Waals surface area contributed by atoms with E-state index in [0.29, 0.717) is 5.69 Å². The summed E-state index contributed by atoms with van der Waals surface area (Å²) < 4.78 is 32.7. The molecule has 1 atom stereocenters. The number of anilines is 1. The van der Waals surface area contributed by atoms with Crippen LogP contribution in [0.2, 0.25) is 0 Å². The first-order chi connectivity index (χ1) is 10.9. The van der Waals surface area contributed by atoms with Gasteiger partial charge in [-0.15, -0.1) is 0 Å². The van der Waals surface area contributed by atoms with Gasteiger partial charge in [-0.25, -0.2) is 13.6 Å². The number of nitrogens with one attached hydrogen (secondary N) is 2. The van der Waals surface area contributed by atoms with Gasteiger partial charge in [-0.2, -0.15) is 0 Å². The molecule has 1 aromatic heterocycles. The minimum absolute atomic E-state index is 0.0177. The molecule has 1 heterocycles. The second kappa shape index (κ2) is 7.19. The van der Waals surface area contributed by atoms with E-state index in [1.165, 1.54) is 18.2 Å². The number of amides is 2. The number of benzene rings is 1. The van der Waals surface area contributed by atoms with E-state index in [1.54, 1.807) is 32.0 Å². The van der Waals surface area contributed by atoms with Crippen LogP contribution in [0.25, 0.3) is 0 Å². The second-order valence-corrected chi connectivity index (χ2v) is 5.28. The van der Waals surface area contributed by atoms with E-state index in [2.05, 4.69) is 15.8 Å². The average Bonchev–Trinajstić information content (AvgIpc) is 2.86. The van der Waals surface area contributed by atoms with Crippen LogP contribution in [0, 0.1) is 18.6 Å². The van der Waals surface area contributed by atoms with Crippen LogP contribution < -0.4 is 10.6 Å². The molecular weight excluding hydrogens is 306 g/mol. The summed E-state index contributed by atoms with van der Waals surface area (Å²) >= 11 is 0. The van der Waals surface area contributed by atoms with Gasteiger partial charge in [0.2, 0.25) is 5.88 Å². The normalized spacial score (nSPS) is 12.3. The van der Waals surface area contributed by atoms with Crippen LogP contribution in [0.5, 0.6) is 0 Å². The number of carbonyl (C=O) groups is 1. The molecule has 124 valence electrons. The summed E-state index contributed by atoms with van der Waals surface area (Å²) in [4.78, 5) is 13.5. The molecular formula is C15H18F2N4O2. The molecule has 2 N–H and O–H groups in total. The molecule has 0 aliphatic heterocycles. The van der Waals surface area contributed by atoms with Crippen molar-refractivity contribution < 1.29 is 18.1 Å². The molecule has 23 heavy (non-hydrogen) atoms. The lowest BCUT2D eigenvalue weighted by Gasteiger charge is -2.25. The highest BCUT2D eigenvalue weighted by Gasteiger charge is 2.22. The Morgan fingerprint density at radius 2 is 2.00 bits per heavy atom. The van der Waals surface area contributed by atoms with Gasteiger partial charge in [-0.3, -0.25) is 5.32 Å². The molecule has 2 rings (SSSR count). The van der Waals surface area contributed by atoms with Gasteiger partial charge in [-0.1, -0.05) is 11.2 Å². The first-order valence-electron chi connectivity index (χ1n) is 6.97. The maximum atomic E-state index is 13.9. The lowest BCUT2D eigenvalue weighted by atomic mass is 10.0. The number of hydrogen-bond acceptors (Lipinski definition) is 4. The van der Waals surface area contributed by atoms with Crippen molar-refractivity contribution in [2.24, 2.45) is 0 Å². The van der Waals surface area contributed by atoms with Gasteiger partial charge < -0.3 is 14.7 Å². The molecule has 0 unspecified atom stereocenters. The Balaban J connectivity index is 2.04. The van der Waals surface area contributed by atoms with Crippen LogP contribution in [-0.2, 0) is 0 Å². The molecule has 0 aliphatic rings. The predicted octanol–water partition coefficient (Wildman–Crippen LogP) is 2.69. The molecule has 2 aromatic rings.